The fourth-order valence-electron chi connectivity index (χ4n) is 2.05. The Hall–Kier alpha value is -1.02. The highest BCUT2D eigenvalue weighted by Gasteiger charge is 2.15. The molecule has 0 fully saturated rings. The van der Waals surface area contributed by atoms with E-state index in [9.17, 15) is 0 Å². The Labute approximate surface area is 106 Å². The van der Waals surface area contributed by atoms with E-state index in [0.717, 1.165) is 19.5 Å². The monoisotopic (exact) mass is 234 g/mol. The summed E-state index contributed by atoms with van der Waals surface area (Å²) in [5.74, 6) is 0.577. The van der Waals surface area contributed by atoms with Gasteiger partial charge in [0.1, 0.15) is 0 Å². The summed E-state index contributed by atoms with van der Waals surface area (Å²) < 4.78 is 0. The molecule has 1 aromatic rings. The van der Waals surface area contributed by atoms with Crippen molar-refractivity contribution in [1.82, 2.24) is 0 Å². The van der Waals surface area contributed by atoms with Crippen LogP contribution in [0, 0.1) is 12.8 Å². The molecular formula is C15H26N2. The molecule has 1 aromatic carbocycles. The van der Waals surface area contributed by atoms with E-state index in [1.807, 2.05) is 0 Å². The Morgan fingerprint density at radius 1 is 1.24 bits per heavy atom. The lowest BCUT2D eigenvalue weighted by Gasteiger charge is -2.30. The number of rotatable bonds is 6. The average Bonchev–Trinajstić information content (AvgIpc) is 2.35. The Morgan fingerprint density at radius 3 is 2.41 bits per heavy atom. The molecule has 0 radical (unpaired) electrons. The minimum atomic E-state index is 0.250. The number of benzene rings is 1. The third-order valence-electron chi connectivity index (χ3n) is 3.64. The molecule has 0 saturated heterocycles. The average molecular weight is 234 g/mol. The Morgan fingerprint density at radius 2 is 1.88 bits per heavy atom. The Balaban J connectivity index is 2.76. The van der Waals surface area contributed by atoms with Crippen LogP contribution in [0.15, 0.2) is 24.3 Å². The topological polar surface area (TPSA) is 29.3 Å². The second-order valence-corrected chi connectivity index (χ2v) is 4.87. The van der Waals surface area contributed by atoms with E-state index < -0.39 is 0 Å². The number of anilines is 1. The molecule has 0 aromatic heterocycles. The zero-order valence-corrected chi connectivity index (χ0v) is 11.6. The maximum atomic E-state index is 6.25. The van der Waals surface area contributed by atoms with Crippen molar-refractivity contribution in [2.75, 3.05) is 18.0 Å². The van der Waals surface area contributed by atoms with Crippen LogP contribution in [0.2, 0.25) is 0 Å². The molecule has 0 amide bonds. The molecule has 2 heteroatoms. The largest absolute Gasteiger partial charge is 0.370 e. The predicted molar refractivity (Wildman–Crippen MR) is 76.5 cm³/mol. The first-order valence-electron chi connectivity index (χ1n) is 6.66. The molecule has 0 unspecified atom stereocenters. The molecule has 0 spiro atoms. The van der Waals surface area contributed by atoms with Crippen molar-refractivity contribution in [3.63, 3.8) is 0 Å². The molecule has 0 bridgehead atoms. The number of nitrogens with zero attached hydrogens (tertiary/aromatic N) is 1. The van der Waals surface area contributed by atoms with Gasteiger partial charge in [0, 0.05) is 24.8 Å². The Kier molecular flexibility index (Phi) is 5.49. The summed E-state index contributed by atoms with van der Waals surface area (Å²) in [5.41, 5.74) is 8.89. The van der Waals surface area contributed by atoms with E-state index in [1.54, 1.807) is 0 Å². The molecular weight excluding hydrogens is 208 g/mol. The van der Waals surface area contributed by atoms with Gasteiger partial charge in [0.05, 0.1) is 0 Å². The van der Waals surface area contributed by atoms with Crippen molar-refractivity contribution in [2.24, 2.45) is 11.7 Å². The van der Waals surface area contributed by atoms with Crippen LogP contribution in [-0.2, 0) is 0 Å². The number of hydrogen-bond donors (Lipinski definition) is 1. The van der Waals surface area contributed by atoms with Gasteiger partial charge in [-0.15, -0.1) is 0 Å². The van der Waals surface area contributed by atoms with E-state index >= 15 is 0 Å². The van der Waals surface area contributed by atoms with E-state index in [2.05, 4.69) is 56.9 Å². The highest BCUT2D eigenvalue weighted by molar-refractivity contribution is 5.52. The van der Waals surface area contributed by atoms with E-state index in [4.69, 9.17) is 5.73 Å². The van der Waals surface area contributed by atoms with Crippen molar-refractivity contribution in [2.45, 2.75) is 40.2 Å². The molecule has 0 heterocycles. The van der Waals surface area contributed by atoms with Gasteiger partial charge in [0.2, 0.25) is 0 Å². The second kappa shape index (κ2) is 6.65. The van der Waals surface area contributed by atoms with Crippen LogP contribution >= 0.6 is 0 Å². The summed E-state index contributed by atoms with van der Waals surface area (Å²) in [6, 6.07) is 8.77. The molecule has 17 heavy (non-hydrogen) atoms. The Bertz CT molecular complexity index is 335. The fraction of sp³-hybridized carbons (Fsp3) is 0.600. The number of para-hydroxylation sites is 1. The van der Waals surface area contributed by atoms with Crippen LogP contribution in [0.1, 0.15) is 32.8 Å². The summed E-state index contributed by atoms with van der Waals surface area (Å²) in [5, 5.41) is 0. The van der Waals surface area contributed by atoms with E-state index in [-0.39, 0.29) is 6.04 Å². The molecule has 0 aliphatic heterocycles. The molecule has 2 N–H and O–H groups in total. The molecule has 96 valence electrons. The number of aryl methyl sites for hydroxylation is 1. The zero-order valence-electron chi connectivity index (χ0n) is 11.6. The molecule has 2 nitrogen and oxygen atoms in total. The lowest BCUT2D eigenvalue weighted by molar-refractivity contribution is 0.439. The molecule has 0 aliphatic carbocycles. The minimum Gasteiger partial charge on any atom is -0.370 e. The predicted octanol–water partition coefficient (Wildman–Crippen LogP) is 3.19. The van der Waals surface area contributed by atoms with Crippen molar-refractivity contribution in [1.29, 1.82) is 0 Å². The summed E-state index contributed by atoms with van der Waals surface area (Å²) >= 11 is 0. The molecule has 0 aliphatic rings. The first-order chi connectivity index (χ1) is 8.10. The van der Waals surface area contributed by atoms with E-state index in [1.165, 1.54) is 11.3 Å². The van der Waals surface area contributed by atoms with Gasteiger partial charge < -0.3 is 10.6 Å². The van der Waals surface area contributed by atoms with Crippen LogP contribution in [0.3, 0.4) is 0 Å². The van der Waals surface area contributed by atoms with Gasteiger partial charge in [-0.2, -0.15) is 0 Å². The zero-order chi connectivity index (χ0) is 12.8. The lowest BCUT2D eigenvalue weighted by atomic mass is 9.99. The van der Waals surface area contributed by atoms with Crippen molar-refractivity contribution < 1.29 is 0 Å². The standard InChI is InChI=1S/C15H26N2/c1-5-12(3)14(16)11-17(6-2)15-10-8-7-9-13(15)4/h7-10,12,14H,5-6,11,16H2,1-4H3/t12-,14+/m0/s1. The van der Waals surface area contributed by atoms with Crippen molar-refractivity contribution >= 4 is 5.69 Å². The third kappa shape index (κ3) is 3.74. The highest BCUT2D eigenvalue weighted by atomic mass is 15.1. The molecule has 2 atom stereocenters. The number of nitrogens with two attached hydrogens (primary N) is 1. The maximum absolute atomic E-state index is 6.25. The van der Waals surface area contributed by atoms with Crippen LogP contribution in [0.25, 0.3) is 0 Å². The first-order valence-corrected chi connectivity index (χ1v) is 6.66. The smallest absolute Gasteiger partial charge is 0.0396 e. The van der Waals surface area contributed by atoms with Crippen molar-refractivity contribution in [3.8, 4) is 0 Å². The molecule has 1 rings (SSSR count). The number of likely N-dealkylation sites (N-methyl/N-ethyl adjacent to an activating group) is 1. The summed E-state index contributed by atoms with van der Waals surface area (Å²) in [4.78, 5) is 2.38. The van der Waals surface area contributed by atoms with Gasteiger partial charge in [-0.3, -0.25) is 0 Å². The van der Waals surface area contributed by atoms with Gasteiger partial charge in [0.25, 0.3) is 0 Å². The van der Waals surface area contributed by atoms with Gasteiger partial charge in [-0.05, 0) is 31.4 Å². The van der Waals surface area contributed by atoms with Gasteiger partial charge >= 0.3 is 0 Å². The van der Waals surface area contributed by atoms with Gasteiger partial charge in [0.15, 0.2) is 0 Å². The summed E-state index contributed by atoms with van der Waals surface area (Å²) in [6.45, 7) is 10.7. The van der Waals surface area contributed by atoms with E-state index in [0.29, 0.717) is 5.92 Å². The van der Waals surface area contributed by atoms with Crippen LogP contribution in [0.4, 0.5) is 5.69 Å². The minimum absolute atomic E-state index is 0.250. The SMILES string of the molecule is CC[C@H](C)[C@H](N)CN(CC)c1ccccc1C. The van der Waals surface area contributed by atoms with Gasteiger partial charge in [-0.1, -0.05) is 38.5 Å². The fourth-order valence-corrected chi connectivity index (χ4v) is 2.05. The van der Waals surface area contributed by atoms with Gasteiger partial charge in [-0.25, -0.2) is 0 Å². The first kappa shape index (κ1) is 14.0. The number of hydrogen-bond acceptors (Lipinski definition) is 2. The summed E-state index contributed by atoms with van der Waals surface area (Å²) in [7, 11) is 0. The third-order valence-corrected chi connectivity index (χ3v) is 3.64. The van der Waals surface area contributed by atoms with Crippen LogP contribution < -0.4 is 10.6 Å². The van der Waals surface area contributed by atoms with Crippen molar-refractivity contribution in [3.05, 3.63) is 29.8 Å². The second-order valence-electron chi connectivity index (χ2n) is 4.87. The highest BCUT2D eigenvalue weighted by Crippen LogP contribution is 2.20. The quantitative estimate of drug-likeness (QED) is 0.819. The normalized spacial score (nSPS) is 14.4. The maximum Gasteiger partial charge on any atom is 0.0396 e. The lowest BCUT2D eigenvalue weighted by Crippen LogP contribution is -2.41. The molecule has 0 saturated carbocycles. The summed E-state index contributed by atoms with van der Waals surface area (Å²) in [6.07, 6.45) is 1.15. The van der Waals surface area contributed by atoms with Crippen LogP contribution in [-0.4, -0.2) is 19.1 Å². The van der Waals surface area contributed by atoms with Crippen LogP contribution in [0.5, 0.6) is 0 Å².